The fourth-order valence-corrected chi connectivity index (χ4v) is 3.71. The maximum atomic E-state index is 14.0. The Morgan fingerprint density at radius 3 is 2.93 bits per heavy atom. The van der Waals surface area contributed by atoms with E-state index >= 15 is 0 Å². The number of benzene rings is 1. The van der Waals surface area contributed by atoms with E-state index in [4.69, 9.17) is 10.5 Å². The van der Waals surface area contributed by atoms with Gasteiger partial charge in [0.15, 0.2) is 11.6 Å². The van der Waals surface area contributed by atoms with Crippen LogP contribution in [-0.4, -0.2) is 29.9 Å². The van der Waals surface area contributed by atoms with Gasteiger partial charge in [-0.1, -0.05) is 0 Å². The Morgan fingerprint density at radius 1 is 1.17 bits per heavy atom. The topological polar surface area (TPSA) is 105 Å². The number of ether oxygens (including phenoxy) is 1. The predicted molar refractivity (Wildman–Crippen MR) is 108 cm³/mol. The molecule has 5 rings (SSSR count). The van der Waals surface area contributed by atoms with Crippen LogP contribution in [0.25, 0.3) is 22.5 Å². The van der Waals surface area contributed by atoms with Gasteiger partial charge in [0.2, 0.25) is 0 Å². The summed E-state index contributed by atoms with van der Waals surface area (Å²) in [5.41, 5.74) is 11.4. The van der Waals surface area contributed by atoms with Crippen molar-refractivity contribution in [2.75, 3.05) is 5.73 Å². The van der Waals surface area contributed by atoms with E-state index < -0.39 is 0 Å². The number of pyridine rings is 1. The number of rotatable bonds is 1. The Bertz CT molecular complexity index is 1250. The summed E-state index contributed by atoms with van der Waals surface area (Å²) < 4.78 is 21.9. The molecule has 8 nitrogen and oxygen atoms in total. The van der Waals surface area contributed by atoms with Crippen molar-refractivity contribution in [3.8, 4) is 28.3 Å². The second-order valence-electron chi connectivity index (χ2n) is 6.96. The number of nitrogens with zero attached hydrogens (tertiary/aromatic N) is 6. The highest BCUT2D eigenvalue weighted by atomic mass is 19.1. The third-order valence-corrected chi connectivity index (χ3v) is 5.13. The van der Waals surface area contributed by atoms with Gasteiger partial charge in [-0.25, -0.2) is 14.4 Å². The second-order valence-corrected chi connectivity index (χ2v) is 6.96. The molecular formula is C21H18FN7O. The first-order valence-corrected chi connectivity index (χ1v) is 9.52. The second kappa shape index (κ2) is 7.18. The molecule has 0 saturated carbocycles. The molecule has 9 heteroatoms. The molecule has 3 aromatic heterocycles. The number of halogens is 1. The smallest absolute Gasteiger partial charge is 0.166 e. The highest BCUT2D eigenvalue weighted by Gasteiger charge is 2.21. The third kappa shape index (κ3) is 3.04. The molecule has 4 aromatic rings. The van der Waals surface area contributed by atoms with Gasteiger partial charge in [-0.15, -0.1) is 10.2 Å². The lowest BCUT2D eigenvalue weighted by molar-refractivity contribution is 0.307. The Balaban J connectivity index is 1.78. The van der Waals surface area contributed by atoms with Crippen LogP contribution in [0.15, 0.2) is 43.0 Å². The van der Waals surface area contributed by atoms with Crippen molar-refractivity contribution < 1.29 is 9.13 Å². The Morgan fingerprint density at radius 2 is 2.07 bits per heavy atom. The molecule has 0 unspecified atom stereocenters. The molecule has 4 heterocycles. The van der Waals surface area contributed by atoms with Crippen LogP contribution in [0.4, 0.5) is 10.2 Å². The first kappa shape index (κ1) is 18.2. The van der Waals surface area contributed by atoms with Gasteiger partial charge in [0, 0.05) is 41.4 Å². The van der Waals surface area contributed by atoms with Crippen molar-refractivity contribution in [1.82, 2.24) is 29.9 Å². The summed E-state index contributed by atoms with van der Waals surface area (Å²) in [4.78, 5) is 8.77. The number of aryl methyl sites for hydroxylation is 1. The first-order chi connectivity index (χ1) is 14.6. The van der Waals surface area contributed by atoms with Gasteiger partial charge in [-0.3, -0.25) is 4.68 Å². The molecule has 1 aromatic carbocycles. The van der Waals surface area contributed by atoms with Crippen LogP contribution in [0, 0.1) is 5.82 Å². The minimum atomic E-state index is -0.366. The number of fused-ring (bicyclic) bond motifs is 7. The standard InChI is InChI=1S/C21H18FN7O/c1-2-29-20-12(9-27-29)6-17-19(28-26-11-25-17)16-4-3-15(22)5-14(16)10-30-18-7-13(20)8-24-21(18)23/h3-5,7-9,11H,2,6,10H2,1H3,(H2,23,24). The van der Waals surface area contributed by atoms with Crippen LogP contribution in [0.2, 0.25) is 0 Å². The summed E-state index contributed by atoms with van der Waals surface area (Å²) in [6, 6.07) is 6.33. The van der Waals surface area contributed by atoms with E-state index in [1.807, 2.05) is 23.9 Å². The van der Waals surface area contributed by atoms with Crippen LogP contribution < -0.4 is 10.5 Å². The summed E-state index contributed by atoms with van der Waals surface area (Å²) in [5, 5.41) is 12.8. The van der Waals surface area contributed by atoms with E-state index in [9.17, 15) is 4.39 Å². The zero-order valence-corrected chi connectivity index (χ0v) is 16.2. The average molecular weight is 403 g/mol. The monoisotopic (exact) mass is 403 g/mol. The lowest BCUT2D eigenvalue weighted by atomic mass is 9.98. The zero-order valence-electron chi connectivity index (χ0n) is 16.2. The van der Waals surface area contributed by atoms with Crippen molar-refractivity contribution >= 4 is 5.82 Å². The van der Waals surface area contributed by atoms with Gasteiger partial charge in [-0.2, -0.15) is 5.10 Å². The minimum absolute atomic E-state index is 0.0956. The maximum absolute atomic E-state index is 14.0. The molecule has 1 aliphatic rings. The summed E-state index contributed by atoms with van der Waals surface area (Å²) >= 11 is 0. The van der Waals surface area contributed by atoms with Crippen molar-refractivity contribution in [2.45, 2.75) is 26.5 Å². The average Bonchev–Trinajstić information content (AvgIpc) is 3.16. The van der Waals surface area contributed by atoms with E-state index in [-0.39, 0.29) is 18.2 Å². The molecule has 150 valence electrons. The molecule has 0 radical (unpaired) electrons. The van der Waals surface area contributed by atoms with Crippen molar-refractivity contribution in [2.24, 2.45) is 0 Å². The maximum Gasteiger partial charge on any atom is 0.166 e. The largest absolute Gasteiger partial charge is 0.485 e. The first-order valence-electron chi connectivity index (χ1n) is 9.52. The fraction of sp³-hybridized carbons (Fsp3) is 0.190. The SMILES string of the molecule is CCn1ncc2c1-c1cnc(N)c(c1)OCc1cc(F)ccc1-c1nncnc1C2. The molecular weight excluding hydrogens is 385 g/mol. The van der Waals surface area contributed by atoms with Crippen LogP contribution in [0.1, 0.15) is 23.7 Å². The normalized spacial score (nSPS) is 12.6. The van der Waals surface area contributed by atoms with Gasteiger partial charge in [0.05, 0.1) is 17.6 Å². The lowest BCUT2D eigenvalue weighted by Gasteiger charge is -2.16. The molecule has 0 aliphatic carbocycles. The van der Waals surface area contributed by atoms with Gasteiger partial charge in [0.1, 0.15) is 24.4 Å². The van der Waals surface area contributed by atoms with Gasteiger partial charge < -0.3 is 10.5 Å². The minimum Gasteiger partial charge on any atom is -0.485 e. The van der Waals surface area contributed by atoms with Gasteiger partial charge in [0.25, 0.3) is 0 Å². The van der Waals surface area contributed by atoms with Crippen molar-refractivity contribution in [3.05, 3.63) is 65.6 Å². The molecule has 0 fully saturated rings. The molecule has 30 heavy (non-hydrogen) atoms. The van der Waals surface area contributed by atoms with Crippen LogP contribution in [0.3, 0.4) is 0 Å². The van der Waals surface area contributed by atoms with E-state index in [1.165, 1.54) is 18.5 Å². The number of nitrogen functional groups attached to an aromatic ring is 1. The Hall–Kier alpha value is -3.88. The van der Waals surface area contributed by atoms with E-state index in [1.54, 1.807) is 12.3 Å². The highest BCUT2D eigenvalue weighted by Crippen LogP contribution is 2.34. The molecule has 0 atom stereocenters. The number of hydrogen-bond donors (Lipinski definition) is 1. The summed E-state index contributed by atoms with van der Waals surface area (Å²) in [5.74, 6) is 0.324. The van der Waals surface area contributed by atoms with Gasteiger partial charge in [-0.05, 0) is 31.2 Å². The van der Waals surface area contributed by atoms with Crippen LogP contribution in [0.5, 0.6) is 5.75 Å². The summed E-state index contributed by atoms with van der Waals surface area (Å²) in [6.45, 7) is 2.80. The van der Waals surface area contributed by atoms with Gasteiger partial charge >= 0.3 is 0 Å². The number of hydrogen-bond acceptors (Lipinski definition) is 7. The molecule has 0 saturated heterocycles. The van der Waals surface area contributed by atoms with Crippen LogP contribution in [-0.2, 0) is 19.6 Å². The molecule has 0 amide bonds. The number of anilines is 1. The quantitative estimate of drug-likeness (QED) is 0.521. The number of aromatic nitrogens is 6. The van der Waals surface area contributed by atoms with Crippen molar-refractivity contribution in [3.63, 3.8) is 0 Å². The third-order valence-electron chi connectivity index (χ3n) is 5.13. The molecule has 2 bridgehead atoms. The van der Waals surface area contributed by atoms with Crippen molar-refractivity contribution in [1.29, 1.82) is 0 Å². The summed E-state index contributed by atoms with van der Waals surface area (Å²) in [6.07, 6.45) is 5.42. The molecule has 1 aliphatic heterocycles. The number of nitrogens with two attached hydrogens (primary N) is 1. The fourth-order valence-electron chi connectivity index (χ4n) is 3.71. The lowest BCUT2D eigenvalue weighted by Crippen LogP contribution is -2.08. The summed E-state index contributed by atoms with van der Waals surface area (Å²) in [7, 11) is 0. The predicted octanol–water partition coefficient (Wildman–Crippen LogP) is 3.02. The van der Waals surface area contributed by atoms with E-state index in [0.29, 0.717) is 35.5 Å². The Labute approximate surface area is 171 Å². The van der Waals surface area contributed by atoms with E-state index in [0.717, 1.165) is 22.5 Å². The highest BCUT2D eigenvalue weighted by molar-refractivity contribution is 5.70. The van der Waals surface area contributed by atoms with E-state index in [2.05, 4.69) is 25.3 Å². The molecule has 0 spiro atoms. The Kier molecular flexibility index (Phi) is 4.35. The van der Waals surface area contributed by atoms with Crippen LogP contribution >= 0.6 is 0 Å². The molecule has 2 N–H and O–H groups in total. The zero-order chi connectivity index (χ0) is 20.7.